The predicted octanol–water partition coefficient (Wildman–Crippen LogP) is 3.27. The molecule has 2 aromatic heterocycles. The number of fused-ring (bicyclic) bond motifs is 2. The van der Waals surface area contributed by atoms with Gasteiger partial charge in [0.15, 0.2) is 4.96 Å². The zero-order valence-electron chi connectivity index (χ0n) is 12.9. The van der Waals surface area contributed by atoms with Crippen LogP contribution in [-0.4, -0.2) is 21.5 Å². The number of thiazole rings is 1. The van der Waals surface area contributed by atoms with Crippen LogP contribution in [0.2, 0.25) is 0 Å². The van der Waals surface area contributed by atoms with Crippen LogP contribution < -0.4 is 5.56 Å². The molecule has 3 atom stereocenters. The zero-order valence-corrected chi connectivity index (χ0v) is 13.8. The highest BCUT2D eigenvalue weighted by atomic mass is 32.1. The van der Waals surface area contributed by atoms with Crippen molar-refractivity contribution in [2.45, 2.75) is 51.0 Å². The molecule has 0 aliphatic heterocycles. The summed E-state index contributed by atoms with van der Waals surface area (Å²) in [6.45, 7) is 0. The first kappa shape index (κ1) is 14.9. The molecule has 0 radical (unpaired) electrons. The SMILES string of the molecule is O=C(O[C@@H]1CC[C@H]2CCCC[C@H]2C1)c1cnc2sccn2c1=O. The van der Waals surface area contributed by atoms with Gasteiger partial charge in [0.1, 0.15) is 11.7 Å². The highest BCUT2D eigenvalue weighted by molar-refractivity contribution is 7.15. The van der Waals surface area contributed by atoms with Crippen molar-refractivity contribution in [3.05, 3.63) is 33.7 Å². The number of carbonyl (C=O) groups excluding carboxylic acids is 1. The smallest absolute Gasteiger partial charge is 0.345 e. The van der Waals surface area contributed by atoms with Crippen LogP contribution in [0.3, 0.4) is 0 Å². The van der Waals surface area contributed by atoms with E-state index in [4.69, 9.17) is 4.74 Å². The van der Waals surface area contributed by atoms with Crippen molar-refractivity contribution in [1.82, 2.24) is 9.38 Å². The molecule has 0 saturated heterocycles. The van der Waals surface area contributed by atoms with E-state index in [0.717, 1.165) is 25.2 Å². The van der Waals surface area contributed by atoms with E-state index in [9.17, 15) is 9.59 Å². The van der Waals surface area contributed by atoms with Crippen LogP contribution in [0.4, 0.5) is 0 Å². The molecule has 4 rings (SSSR count). The average molecular weight is 332 g/mol. The van der Waals surface area contributed by atoms with Crippen molar-refractivity contribution in [2.24, 2.45) is 11.8 Å². The second kappa shape index (κ2) is 6.07. The zero-order chi connectivity index (χ0) is 15.8. The molecule has 23 heavy (non-hydrogen) atoms. The van der Waals surface area contributed by atoms with Gasteiger partial charge in [-0.15, -0.1) is 11.3 Å². The van der Waals surface area contributed by atoms with E-state index < -0.39 is 5.97 Å². The highest BCUT2D eigenvalue weighted by Gasteiger charge is 2.34. The fourth-order valence-corrected chi connectivity index (χ4v) is 4.79. The Morgan fingerprint density at radius 1 is 1.22 bits per heavy atom. The summed E-state index contributed by atoms with van der Waals surface area (Å²) >= 11 is 1.37. The van der Waals surface area contributed by atoms with Crippen molar-refractivity contribution >= 4 is 22.3 Å². The van der Waals surface area contributed by atoms with E-state index in [-0.39, 0.29) is 17.2 Å². The Morgan fingerprint density at radius 3 is 2.91 bits per heavy atom. The van der Waals surface area contributed by atoms with E-state index in [0.29, 0.717) is 10.9 Å². The van der Waals surface area contributed by atoms with Crippen LogP contribution in [0, 0.1) is 11.8 Å². The minimum absolute atomic E-state index is 0.0340. The van der Waals surface area contributed by atoms with Crippen molar-refractivity contribution in [1.29, 1.82) is 0 Å². The lowest BCUT2D eigenvalue weighted by Gasteiger charge is -2.38. The van der Waals surface area contributed by atoms with E-state index >= 15 is 0 Å². The molecule has 2 aliphatic carbocycles. The summed E-state index contributed by atoms with van der Waals surface area (Å²) in [6, 6.07) is 0. The van der Waals surface area contributed by atoms with Gasteiger partial charge in [-0.1, -0.05) is 25.7 Å². The van der Waals surface area contributed by atoms with Gasteiger partial charge in [-0.25, -0.2) is 9.78 Å². The number of rotatable bonds is 2. The van der Waals surface area contributed by atoms with Gasteiger partial charge < -0.3 is 4.74 Å². The van der Waals surface area contributed by atoms with Crippen LogP contribution in [0.1, 0.15) is 55.3 Å². The number of ether oxygens (including phenoxy) is 1. The Morgan fingerprint density at radius 2 is 2.04 bits per heavy atom. The third-order valence-corrected chi connectivity index (χ3v) is 6.10. The van der Waals surface area contributed by atoms with Crippen LogP contribution >= 0.6 is 11.3 Å². The minimum Gasteiger partial charge on any atom is -0.459 e. The number of esters is 1. The highest BCUT2D eigenvalue weighted by Crippen LogP contribution is 2.41. The largest absolute Gasteiger partial charge is 0.459 e. The summed E-state index contributed by atoms with van der Waals surface area (Å²) in [4.78, 5) is 29.5. The lowest BCUT2D eigenvalue weighted by atomic mass is 9.70. The molecule has 2 fully saturated rings. The maximum absolute atomic E-state index is 12.4. The Balaban J connectivity index is 1.48. The summed E-state index contributed by atoms with van der Waals surface area (Å²) in [6.07, 6.45) is 11.2. The van der Waals surface area contributed by atoms with Gasteiger partial charge in [-0.05, 0) is 31.1 Å². The predicted molar refractivity (Wildman–Crippen MR) is 87.8 cm³/mol. The normalized spacial score (nSPS) is 27.6. The van der Waals surface area contributed by atoms with Crippen molar-refractivity contribution in [3.8, 4) is 0 Å². The molecule has 2 aromatic rings. The maximum atomic E-state index is 12.4. The third-order valence-electron chi connectivity index (χ3n) is 5.33. The molecule has 6 heteroatoms. The lowest BCUT2D eigenvalue weighted by molar-refractivity contribution is -0.00113. The fourth-order valence-electron chi connectivity index (χ4n) is 4.12. The topological polar surface area (TPSA) is 60.7 Å². The Kier molecular flexibility index (Phi) is 3.93. The molecule has 0 aromatic carbocycles. The molecule has 5 nitrogen and oxygen atoms in total. The van der Waals surface area contributed by atoms with Gasteiger partial charge in [0.25, 0.3) is 5.56 Å². The van der Waals surface area contributed by atoms with Gasteiger partial charge >= 0.3 is 5.97 Å². The first-order valence-electron chi connectivity index (χ1n) is 8.38. The molecule has 0 amide bonds. The van der Waals surface area contributed by atoms with Crippen LogP contribution in [0.5, 0.6) is 0 Å². The van der Waals surface area contributed by atoms with E-state index in [1.807, 2.05) is 0 Å². The summed E-state index contributed by atoms with van der Waals surface area (Å²) in [5, 5.41) is 1.78. The first-order chi connectivity index (χ1) is 11.2. The summed E-state index contributed by atoms with van der Waals surface area (Å²) in [5.74, 6) is 0.976. The number of nitrogens with zero attached hydrogens (tertiary/aromatic N) is 2. The van der Waals surface area contributed by atoms with Gasteiger partial charge in [-0.2, -0.15) is 0 Å². The van der Waals surface area contributed by atoms with Gasteiger partial charge in [0.2, 0.25) is 0 Å². The third kappa shape index (κ3) is 2.80. The molecule has 0 bridgehead atoms. The molecule has 0 N–H and O–H groups in total. The molecular weight excluding hydrogens is 312 g/mol. The summed E-state index contributed by atoms with van der Waals surface area (Å²) in [5.41, 5.74) is -0.306. The van der Waals surface area contributed by atoms with Crippen LogP contribution in [-0.2, 0) is 4.74 Å². The molecule has 0 unspecified atom stereocenters. The molecule has 122 valence electrons. The monoisotopic (exact) mass is 332 g/mol. The second-order valence-electron chi connectivity index (χ2n) is 6.68. The molecule has 0 spiro atoms. The minimum atomic E-state index is -0.526. The van der Waals surface area contributed by atoms with E-state index in [2.05, 4.69) is 4.98 Å². The fraction of sp³-hybridized carbons (Fsp3) is 0.588. The number of hydrogen-bond donors (Lipinski definition) is 0. The first-order valence-corrected chi connectivity index (χ1v) is 9.26. The van der Waals surface area contributed by atoms with Crippen molar-refractivity contribution < 1.29 is 9.53 Å². The molecule has 2 heterocycles. The van der Waals surface area contributed by atoms with Crippen LogP contribution in [0.15, 0.2) is 22.6 Å². The number of aromatic nitrogens is 2. The Bertz CT molecular complexity index is 781. The van der Waals surface area contributed by atoms with Gasteiger partial charge in [0, 0.05) is 11.6 Å². The Hall–Kier alpha value is -1.69. The van der Waals surface area contributed by atoms with Crippen molar-refractivity contribution in [2.75, 3.05) is 0 Å². The van der Waals surface area contributed by atoms with Gasteiger partial charge in [0.05, 0.1) is 6.20 Å². The molecule has 2 saturated carbocycles. The van der Waals surface area contributed by atoms with E-state index in [1.165, 1.54) is 47.6 Å². The summed E-state index contributed by atoms with van der Waals surface area (Å²) in [7, 11) is 0. The lowest BCUT2D eigenvalue weighted by Crippen LogP contribution is -2.34. The standard InChI is InChI=1S/C17H20N2O3S/c20-15-14(10-18-17-19(15)7-8-23-17)16(21)22-13-6-5-11-3-1-2-4-12(11)9-13/h7-8,10-13H,1-6,9H2/t11-,12+,13-/m1/s1. The summed E-state index contributed by atoms with van der Waals surface area (Å²) < 4.78 is 7.05. The Labute approximate surface area is 138 Å². The molecule has 2 aliphatic rings. The second-order valence-corrected chi connectivity index (χ2v) is 7.55. The average Bonchev–Trinajstić information content (AvgIpc) is 3.04. The quantitative estimate of drug-likeness (QED) is 0.792. The molecular formula is C17H20N2O3S. The number of hydrogen-bond acceptors (Lipinski definition) is 5. The van der Waals surface area contributed by atoms with E-state index in [1.54, 1.807) is 11.6 Å². The van der Waals surface area contributed by atoms with Gasteiger partial charge in [-0.3, -0.25) is 9.20 Å². The van der Waals surface area contributed by atoms with Crippen LogP contribution in [0.25, 0.3) is 4.96 Å². The van der Waals surface area contributed by atoms with Crippen molar-refractivity contribution in [3.63, 3.8) is 0 Å². The number of carbonyl (C=O) groups is 1. The maximum Gasteiger partial charge on any atom is 0.345 e.